The van der Waals surface area contributed by atoms with Crippen molar-refractivity contribution < 1.29 is 27.5 Å². The fourth-order valence-corrected chi connectivity index (χ4v) is 1.85. The Morgan fingerprint density at radius 1 is 1.32 bits per heavy atom. The molecule has 2 rings (SSSR count). The minimum atomic E-state index is -4.74. The first-order chi connectivity index (χ1) is 10.4. The number of hydrogen-bond acceptors (Lipinski definition) is 5. The summed E-state index contributed by atoms with van der Waals surface area (Å²) in [5.74, 6) is -0.550. The number of hydrogen-bond donors (Lipinski definition) is 0. The number of alkyl halides is 3. The summed E-state index contributed by atoms with van der Waals surface area (Å²) < 4.78 is 43.9. The molecule has 0 fully saturated rings. The van der Waals surface area contributed by atoms with Crippen molar-refractivity contribution in [1.82, 2.24) is 15.0 Å². The average molecular weight is 313 g/mol. The molecule has 1 heterocycles. The molecular weight excluding hydrogens is 303 g/mol. The van der Waals surface area contributed by atoms with Gasteiger partial charge in [-0.15, -0.1) is 5.10 Å². The normalized spacial score (nSPS) is 11.3. The molecule has 0 N–H and O–H groups in total. The third-order valence-electron chi connectivity index (χ3n) is 2.85. The Morgan fingerprint density at radius 3 is 2.45 bits per heavy atom. The number of aromatic nitrogens is 3. The van der Waals surface area contributed by atoms with Crippen molar-refractivity contribution in [3.05, 3.63) is 46.8 Å². The number of esters is 1. The third kappa shape index (κ3) is 3.13. The number of rotatable bonds is 4. The molecule has 2 aromatic rings. The van der Waals surface area contributed by atoms with Gasteiger partial charge in [0.25, 0.3) is 0 Å². The predicted molar refractivity (Wildman–Crippen MR) is 67.3 cm³/mol. The molecular formula is C13H10F3N3O3. The smallest absolute Gasteiger partial charge is 0.435 e. The van der Waals surface area contributed by atoms with E-state index in [-0.39, 0.29) is 18.4 Å². The second-order valence-corrected chi connectivity index (χ2v) is 4.29. The second-order valence-electron chi connectivity index (χ2n) is 4.29. The molecule has 6 nitrogen and oxygen atoms in total. The predicted octanol–water partition coefficient (Wildman–Crippen LogP) is 1.94. The summed E-state index contributed by atoms with van der Waals surface area (Å²) in [5.41, 5.74) is -1.24. The molecule has 116 valence electrons. The molecule has 9 heteroatoms. The Labute approximate surface area is 122 Å². The molecule has 0 bridgehead atoms. The van der Waals surface area contributed by atoms with Gasteiger partial charge >= 0.3 is 12.1 Å². The van der Waals surface area contributed by atoms with Crippen LogP contribution in [0, 0.1) is 0 Å². The van der Waals surface area contributed by atoms with E-state index in [0.29, 0.717) is 10.2 Å². The summed E-state index contributed by atoms with van der Waals surface area (Å²) in [7, 11) is 1.22. The summed E-state index contributed by atoms with van der Waals surface area (Å²) in [6, 6.07) is 5.78. The van der Waals surface area contributed by atoms with Gasteiger partial charge in [0.05, 0.1) is 19.2 Å². The lowest BCUT2D eigenvalue weighted by molar-refractivity contribution is -0.144. The van der Waals surface area contributed by atoms with Crippen LogP contribution in [0.1, 0.15) is 32.1 Å². The first kappa shape index (κ1) is 15.7. The van der Waals surface area contributed by atoms with E-state index >= 15 is 0 Å². The van der Waals surface area contributed by atoms with Crippen molar-refractivity contribution in [1.29, 1.82) is 0 Å². The van der Waals surface area contributed by atoms with Crippen LogP contribution in [-0.4, -0.2) is 34.4 Å². The summed E-state index contributed by atoms with van der Waals surface area (Å²) in [6.07, 6.45) is -4.74. The van der Waals surface area contributed by atoms with E-state index in [9.17, 15) is 22.8 Å². The van der Waals surface area contributed by atoms with Crippen LogP contribution in [0.4, 0.5) is 13.2 Å². The lowest BCUT2D eigenvalue weighted by Gasteiger charge is -2.10. The van der Waals surface area contributed by atoms with Gasteiger partial charge < -0.3 is 4.74 Å². The van der Waals surface area contributed by atoms with Crippen molar-refractivity contribution in [3.8, 4) is 0 Å². The monoisotopic (exact) mass is 313 g/mol. The van der Waals surface area contributed by atoms with Gasteiger partial charge in [0, 0.05) is 0 Å². The van der Waals surface area contributed by atoms with Gasteiger partial charge in [0.15, 0.2) is 17.7 Å². The number of benzene rings is 1. The van der Waals surface area contributed by atoms with Crippen LogP contribution in [0.5, 0.6) is 0 Å². The Morgan fingerprint density at radius 2 is 1.95 bits per heavy atom. The number of carbonyl (C=O) groups is 2. The van der Waals surface area contributed by atoms with Gasteiger partial charge in [-0.25, -0.2) is 9.48 Å². The molecule has 0 unspecified atom stereocenters. The van der Waals surface area contributed by atoms with E-state index in [0.717, 1.165) is 0 Å². The number of carbonyl (C=O) groups excluding carboxylic acids is 2. The van der Waals surface area contributed by atoms with Crippen molar-refractivity contribution >= 4 is 12.3 Å². The zero-order chi connectivity index (χ0) is 16.3. The van der Waals surface area contributed by atoms with Crippen molar-refractivity contribution in [2.45, 2.75) is 12.7 Å². The van der Waals surface area contributed by atoms with E-state index in [1.54, 1.807) is 0 Å². The molecule has 22 heavy (non-hydrogen) atoms. The second kappa shape index (κ2) is 5.96. The van der Waals surface area contributed by atoms with Gasteiger partial charge in [-0.3, -0.25) is 4.79 Å². The number of nitrogens with zero attached hydrogens (tertiary/aromatic N) is 3. The van der Waals surface area contributed by atoms with E-state index in [4.69, 9.17) is 0 Å². The van der Waals surface area contributed by atoms with E-state index < -0.39 is 23.5 Å². The van der Waals surface area contributed by atoms with E-state index in [2.05, 4.69) is 15.0 Å². The quantitative estimate of drug-likeness (QED) is 0.637. The highest BCUT2D eigenvalue weighted by Gasteiger charge is 2.39. The number of aldehydes is 1. The summed E-state index contributed by atoms with van der Waals surface area (Å²) in [6.45, 7) is -0.239. The molecule has 0 saturated heterocycles. The van der Waals surface area contributed by atoms with Gasteiger partial charge in [-0.05, 0) is 17.7 Å². The Hall–Kier alpha value is -2.71. The fourth-order valence-electron chi connectivity index (χ4n) is 1.85. The maximum Gasteiger partial charge on any atom is 0.435 e. The summed E-state index contributed by atoms with van der Waals surface area (Å²) in [4.78, 5) is 21.9. The topological polar surface area (TPSA) is 74.1 Å². The highest BCUT2D eigenvalue weighted by molar-refractivity contribution is 5.89. The third-order valence-corrected chi connectivity index (χ3v) is 2.85. The van der Waals surface area contributed by atoms with E-state index in [1.807, 2.05) is 0 Å². The highest BCUT2D eigenvalue weighted by atomic mass is 19.4. The SMILES string of the molecule is COC(=O)c1ccc(Cn2nnc(C=O)c2C(F)(F)F)cc1. The summed E-state index contributed by atoms with van der Waals surface area (Å²) >= 11 is 0. The number of methoxy groups -OCH3 is 1. The Balaban J connectivity index is 2.30. The van der Waals surface area contributed by atoms with Crippen molar-refractivity contribution in [2.24, 2.45) is 0 Å². The first-order valence-corrected chi connectivity index (χ1v) is 6.00. The zero-order valence-electron chi connectivity index (χ0n) is 11.3. The van der Waals surface area contributed by atoms with Crippen molar-refractivity contribution in [3.63, 3.8) is 0 Å². The molecule has 0 atom stereocenters. The molecule has 0 amide bonds. The zero-order valence-corrected chi connectivity index (χ0v) is 11.3. The minimum Gasteiger partial charge on any atom is -0.465 e. The highest BCUT2D eigenvalue weighted by Crippen LogP contribution is 2.30. The first-order valence-electron chi connectivity index (χ1n) is 6.00. The number of ether oxygens (including phenoxy) is 1. The molecule has 0 radical (unpaired) electrons. The molecule has 1 aromatic heterocycles. The summed E-state index contributed by atoms with van der Waals surface area (Å²) in [5, 5.41) is 6.55. The van der Waals surface area contributed by atoms with Gasteiger partial charge in [0.2, 0.25) is 0 Å². The fraction of sp³-hybridized carbons (Fsp3) is 0.231. The van der Waals surface area contributed by atoms with Crippen LogP contribution in [0.3, 0.4) is 0 Å². The van der Waals surface area contributed by atoms with Crippen LogP contribution >= 0.6 is 0 Å². The maximum absolute atomic E-state index is 12.9. The van der Waals surface area contributed by atoms with Gasteiger partial charge in [0.1, 0.15) is 0 Å². The molecule has 0 spiro atoms. The maximum atomic E-state index is 12.9. The van der Waals surface area contributed by atoms with Gasteiger partial charge in [-0.1, -0.05) is 17.3 Å². The minimum absolute atomic E-state index is 0.00662. The van der Waals surface area contributed by atoms with E-state index in [1.165, 1.54) is 31.4 Å². The van der Waals surface area contributed by atoms with Gasteiger partial charge in [-0.2, -0.15) is 13.2 Å². The largest absolute Gasteiger partial charge is 0.465 e. The van der Waals surface area contributed by atoms with Crippen LogP contribution in [0.2, 0.25) is 0 Å². The molecule has 0 aliphatic rings. The molecule has 0 aliphatic heterocycles. The van der Waals surface area contributed by atoms with Crippen molar-refractivity contribution in [2.75, 3.05) is 7.11 Å². The average Bonchev–Trinajstić information content (AvgIpc) is 2.90. The molecule has 1 aromatic carbocycles. The molecule has 0 aliphatic carbocycles. The van der Waals surface area contributed by atoms with Crippen LogP contribution in [-0.2, 0) is 17.5 Å². The standard InChI is InChI=1S/C13H10F3N3O3/c1-22-12(21)9-4-2-8(3-5-9)6-19-11(13(14,15)16)10(7-20)17-18-19/h2-5,7H,6H2,1H3. The molecule has 0 saturated carbocycles. The lowest BCUT2D eigenvalue weighted by atomic mass is 10.1. The Bertz CT molecular complexity index is 693. The van der Waals surface area contributed by atoms with Crippen LogP contribution in [0.15, 0.2) is 24.3 Å². The number of halogens is 3. The lowest BCUT2D eigenvalue weighted by Crippen LogP contribution is -2.17. The Kier molecular flexibility index (Phi) is 4.25. The van der Waals surface area contributed by atoms with Crippen LogP contribution < -0.4 is 0 Å². The van der Waals surface area contributed by atoms with Crippen LogP contribution in [0.25, 0.3) is 0 Å².